The van der Waals surface area contributed by atoms with E-state index in [1.54, 1.807) is 44.7 Å². The second-order valence-electron chi connectivity index (χ2n) is 5.33. The molecule has 0 aliphatic carbocycles. The Kier molecular flexibility index (Phi) is 7.70. The Balaban J connectivity index is 1.91. The predicted octanol–water partition coefficient (Wildman–Crippen LogP) is 2.44. The Bertz CT molecular complexity index is 704. The van der Waals surface area contributed by atoms with Gasteiger partial charge >= 0.3 is 0 Å². The minimum absolute atomic E-state index is 0.202. The smallest absolute Gasteiger partial charge is 0.251 e. The normalized spacial score (nSPS) is 10.3. The van der Waals surface area contributed by atoms with Crippen LogP contribution in [-0.4, -0.2) is 44.9 Å². The molecule has 7 heteroatoms. The summed E-state index contributed by atoms with van der Waals surface area (Å²) in [5, 5.41) is 2.85. The van der Waals surface area contributed by atoms with Gasteiger partial charge in [0.15, 0.2) is 11.5 Å². The van der Waals surface area contributed by atoms with E-state index >= 15 is 0 Å². The molecule has 0 aliphatic heterocycles. The lowest BCUT2D eigenvalue weighted by molar-refractivity contribution is 0.0950. The van der Waals surface area contributed by atoms with Crippen molar-refractivity contribution >= 4 is 5.91 Å². The van der Waals surface area contributed by atoms with E-state index in [4.69, 9.17) is 18.9 Å². The van der Waals surface area contributed by atoms with Gasteiger partial charge in [-0.25, -0.2) is 4.98 Å². The van der Waals surface area contributed by atoms with Crippen molar-refractivity contribution in [1.82, 2.24) is 10.3 Å². The van der Waals surface area contributed by atoms with Gasteiger partial charge in [-0.05, 0) is 30.7 Å². The van der Waals surface area contributed by atoms with Gasteiger partial charge in [0.2, 0.25) is 5.88 Å². The lowest BCUT2D eigenvalue weighted by Gasteiger charge is -2.11. The van der Waals surface area contributed by atoms with Crippen LogP contribution >= 0.6 is 0 Å². The third-order valence-electron chi connectivity index (χ3n) is 3.51. The second kappa shape index (κ2) is 10.2. The average Bonchev–Trinajstić information content (AvgIpc) is 2.68. The van der Waals surface area contributed by atoms with Crippen molar-refractivity contribution < 1.29 is 23.7 Å². The third-order valence-corrected chi connectivity index (χ3v) is 3.51. The zero-order chi connectivity index (χ0) is 18.8. The summed E-state index contributed by atoms with van der Waals surface area (Å²) >= 11 is 0. The van der Waals surface area contributed by atoms with Crippen LogP contribution in [0.5, 0.6) is 17.4 Å². The van der Waals surface area contributed by atoms with Crippen molar-refractivity contribution in [2.45, 2.75) is 13.5 Å². The van der Waals surface area contributed by atoms with Crippen molar-refractivity contribution in [3.05, 3.63) is 47.7 Å². The third kappa shape index (κ3) is 5.63. The van der Waals surface area contributed by atoms with Crippen molar-refractivity contribution in [3.63, 3.8) is 0 Å². The maximum atomic E-state index is 12.3. The van der Waals surface area contributed by atoms with Gasteiger partial charge in [-0.1, -0.05) is 6.07 Å². The van der Waals surface area contributed by atoms with E-state index in [-0.39, 0.29) is 5.91 Å². The molecule has 0 spiro atoms. The number of nitrogens with one attached hydrogen (secondary N) is 1. The van der Waals surface area contributed by atoms with E-state index < -0.39 is 0 Å². The highest BCUT2D eigenvalue weighted by molar-refractivity contribution is 5.94. The highest BCUT2D eigenvalue weighted by Crippen LogP contribution is 2.28. The number of carbonyl (C=O) groups is 1. The van der Waals surface area contributed by atoms with Crippen molar-refractivity contribution in [2.24, 2.45) is 0 Å². The molecule has 0 saturated carbocycles. The van der Waals surface area contributed by atoms with Gasteiger partial charge in [0, 0.05) is 31.5 Å². The van der Waals surface area contributed by atoms with Crippen LogP contribution in [0.2, 0.25) is 0 Å². The van der Waals surface area contributed by atoms with Gasteiger partial charge < -0.3 is 24.3 Å². The summed E-state index contributed by atoms with van der Waals surface area (Å²) in [5.41, 5.74) is 1.37. The highest BCUT2D eigenvalue weighted by Gasteiger charge is 2.11. The van der Waals surface area contributed by atoms with Gasteiger partial charge in [-0.15, -0.1) is 0 Å². The van der Waals surface area contributed by atoms with E-state index in [1.165, 1.54) is 0 Å². The fourth-order valence-electron chi connectivity index (χ4n) is 2.20. The lowest BCUT2D eigenvalue weighted by atomic mass is 10.2. The van der Waals surface area contributed by atoms with Gasteiger partial charge in [0.1, 0.15) is 6.61 Å². The second-order valence-corrected chi connectivity index (χ2v) is 5.33. The molecular formula is C19H24N2O5. The molecule has 1 aromatic carbocycles. The summed E-state index contributed by atoms with van der Waals surface area (Å²) in [7, 11) is 3.16. The Hall–Kier alpha value is -2.80. The van der Waals surface area contributed by atoms with Crippen LogP contribution < -0.4 is 19.5 Å². The highest BCUT2D eigenvalue weighted by atomic mass is 16.5. The molecule has 0 saturated heterocycles. The van der Waals surface area contributed by atoms with E-state index in [9.17, 15) is 4.79 Å². The quantitative estimate of drug-likeness (QED) is 0.656. The number of ether oxygens (including phenoxy) is 4. The fraction of sp³-hybridized carbons (Fsp3) is 0.368. The minimum Gasteiger partial charge on any atom is -0.493 e. The van der Waals surface area contributed by atoms with Crippen LogP contribution in [0.1, 0.15) is 22.8 Å². The molecule has 0 unspecified atom stereocenters. The molecule has 1 aromatic heterocycles. The Morgan fingerprint density at radius 3 is 2.58 bits per heavy atom. The first-order valence-electron chi connectivity index (χ1n) is 8.33. The maximum absolute atomic E-state index is 12.3. The van der Waals surface area contributed by atoms with Gasteiger partial charge in [-0.3, -0.25) is 4.79 Å². The number of nitrogens with zero attached hydrogens (tertiary/aromatic N) is 1. The molecule has 0 aliphatic rings. The Morgan fingerprint density at radius 1 is 1.08 bits per heavy atom. The van der Waals surface area contributed by atoms with E-state index in [0.717, 1.165) is 5.56 Å². The minimum atomic E-state index is -0.202. The first-order valence-corrected chi connectivity index (χ1v) is 8.33. The summed E-state index contributed by atoms with van der Waals surface area (Å²) in [5.74, 6) is 1.46. The number of rotatable bonds is 10. The summed E-state index contributed by atoms with van der Waals surface area (Å²) in [6, 6.07) is 8.70. The van der Waals surface area contributed by atoms with Gasteiger partial charge in [-0.2, -0.15) is 0 Å². The van der Waals surface area contributed by atoms with E-state index in [0.29, 0.717) is 49.3 Å². The van der Waals surface area contributed by atoms with Crippen LogP contribution in [0.25, 0.3) is 0 Å². The predicted molar refractivity (Wildman–Crippen MR) is 96.9 cm³/mol. The van der Waals surface area contributed by atoms with Crippen molar-refractivity contribution in [1.29, 1.82) is 0 Å². The zero-order valence-corrected chi connectivity index (χ0v) is 15.3. The summed E-state index contributed by atoms with van der Waals surface area (Å²) in [6.07, 6.45) is 1.67. The van der Waals surface area contributed by atoms with E-state index in [2.05, 4.69) is 10.3 Å². The zero-order valence-electron chi connectivity index (χ0n) is 15.3. The summed E-state index contributed by atoms with van der Waals surface area (Å²) in [4.78, 5) is 16.5. The van der Waals surface area contributed by atoms with Crippen molar-refractivity contribution in [2.75, 3.05) is 34.0 Å². The monoisotopic (exact) mass is 360 g/mol. The molecule has 1 N–H and O–H groups in total. The van der Waals surface area contributed by atoms with Crippen LogP contribution in [0.3, 0.4) is 0 Å². The molecule has 0 atom stereocenters. The number of amides is 1. The Labute approximate surface area is 153 Å². The van der Waals surface area contributed by atoms with E-state index in [1.807, 2.05) is 13.0 Å². The largest absolute Gasteiger partial charge is 0.493 e. The lowest BCUT2D eigenvalue weighted by Crippen LogP contribution is -2.22. The molecule has 0 fully saturated rings. The molecule has 26 heavy (non-hydrogen) atoms. The maximum Gasteiger partial charge on any atom is 0.251 e. The van der Waals surface area contributed by atoms with Crippen LogP contribution in [0.4, 0.5) is 0 Å². The first kappa shape index (κ1) is 19.5. The van der Waals surface area contributed by atoms with Gasteiger partial charge in [0.25, 0.3) is 5.91 Å². The fourth-order valence-corrected chi connectivity index (χ4v) is 2.20. The molecular weight excluding hydrogens is 336 g/mol. The number of aromatic nitrogens is 1. The SMILES string of the molecule is CCOc1ccc(C(=O)NCc2ccc(OCCOC)nc2)cc1OC. The number of methoxy groups -OCH3 is 2. The number of hydrogen-bond acceptors (Lipinski definition) is 6. The average molecular weight is 360 g/mol. The molecule has 1 heterocycles. The molecule has 140 valence electrons. The summed E-state index contributed by atoms with van der Waals surface area (Å²) < 4.78 is 21.0. The molecule has 1 amide bonds. The molecule has 7 nitrogen and oxygen atoms in total. The molecule has 0 radical (unpaired) electrons. The first-order chi connectivity index (χ1) is 12.7. The standard InChI is InChI=1S/C19H24N2O5/c1-4-25-16-7-6-15(11-17(16)24-3)19(22)21-13-14-5-8-18(20-12-14)26-10-9-23-2/h5-8,11-12H,4,9-10,13H2,1-3H3,(H,21,22). The van der Waals surface area contributed by atoms with Crippen LogP contribution in [0.15, 0.2) is 36.5 Å². The van der Waals surface area contributed by atoms with Crippen molar-refractivity contribution in [3.8, 4) is 17.4 Å². The number of benzene rings is 1. The van der Waals surface area contributed by atoms with Gasteiger partial charge in [0.05, 0.1) is 20.3 Å². The Morgan fingerprint density at radius 2 is 1.92 bits per heavy atom. The summed E-state index contributed by atoms with van der Waals surface area (Å²) in [6.45, 7) is 3.73. The number of hydrogen-bond donors (Lipinski definition) is 1. The topological polar surface area (TPSA) is 78.9 Å². The molecule has 2 aromatic rings. The number of pyridine rings is 1. The molecule has 2 rings (SSSR count). The molecule has 0 bridgehead atoms. The number of carbonyl (C=O) groups excluding carboxylic acids is 1. The van der Waals surface area contributed by atoms with Crippen LogP contribution in [-0.2, 0) is 11.3 Å². The van der Waals surface area contributed by atoms with Crippen LogP contribution in [0, 0.1) is 0 Å².